The Hall–Kier alpha value is -2.24. The lowest BCUT2D eigenvalue weighted by atomic mass is 10.1. The highest BCUT2D eigenvalue weighted by atomic mass is 35.5. The molecule has 0 bridgehead atoms. The summed E-state index contributed by atoms with van der Waals surface area (Å²) >= 11 is 7.47. The fourth-order valence-corrected chi connectivity index (χ4v) is 3.51. The van der Waals surface area contributed by atoms with Crippen LogP contribution in [0.1, 0.15) is 28.6 Å². The Bertz CT molecular complexity index is 831. The minimum Gasteiger partial charge on any atom is -0.298 e. The second-order valence-corrected chi connectivity index (χ2v) is 6.76. The Balaban J connectivity index is 1.88. The third-order valence-electron chi connectivity index (χ3n) is 3.44. The molecule has 1 N–H and O–H groups in total. The Labute approximate surface area is 149 Å². The molecule has 0 aliphatic carbocycles. The minimum atomic E-state index is -0.206. The van der Waals surface area contributed by atoms with E-state index in [4.69, 9.17) is 11.6 Å². The summed E-state index contributed by atoms with van der Waals surface area (Å²) in [7, 11) is 0. The molecule has 1 aromatic carbocycles. The van der Waals surface area contributed by atoms with Gasteiger partial charge >= 0.3 is 0 Å². The monoisotopic (exact) mass is 357 g/mol. The Morgan fingerprint density at radius 2 is 2.04 bits per heavy atom. The molecule has 122 valence electrons. The van der Waals surface area contributed by atoms with Gasteiger partial charge in [-0.1, -0.05) is 37.1 Å². The van der Waals surface area contributed by atoms with Crippen LogP contribution in [0.3, 0.4) is 0 Å². The van der Waals surface area contributed by atoms with Gasteiger partial charge in [-0.15, -0.1) is 11.3 Å². The summed E-state index contributed by atoms with van der Waals surface area (Å²) in [6.45, 7) is 2.12. The first kappa shape index (κ1) is 16.6. The van der Waals surface area contributed by atoms with Crippen molar-refractivity contribution in [2.45, 2.75) is 19.8 Å². The van der Waals surface area contributed by atoms with Crippen molar-refractivity contribution in [3.8, 4) is 11.3 Å². The lowest BCUT2D eigenvalue weighted by Gasteiger charge is -2.01. The topological polar surface area (TPSA) is 54.9 Å². The Morgan fingerprint density at radius 3 is 2.71 bits per heavy atom. The molecule has 0 aliphatic rings. The Morgan fingerprint density at radius 1 is 1.25 bits per heavy atom. The SMILES string of the molecule is CCCc1sc(NC(=O)c2cccnc2)nc1-c1ccc(Cl)cc1. The number of thiazole rings is 1. The predicted molar refractivity (Wildman–Crippen MR) is 98.7 cm³/mol. The number of rotatable bonds is 5. The van der Waals surface area contributed by atoms with Crippen LogP contribution in [0.2, 0.25) is 5.02 Å². The van der Waals surface area contributed by atoms with Crippen molar-refractivity contribution in [1.82, 2.24) is 9.97 Å². The zero-order valence-electron chi connectivity index (χ0n) is 13.1. The van der Waals surface area contributed by atoms with Gasteiger partial charge in [0, 0.05) is 27.9 Å². The highest BCUT2D eigenvalue weighted by Gasteiger charge is 2.15. The number of amides is 1. The number of aromatic nitrogens is 2. The zero-order chi connectivity index (χ0) is 16.9. The van der Waals surface area contributed by atoms with Gasteiger partial charge in [0.05, 0.1) is 11.3 Å². The smallest absolute Gasteiger partial charge is 0.259 e. The van der Waals surface area contributed by atoms with Crippen molar-refractivity contribution in [1.29, 1.82) is 0 Å². The van der Waals surface area contributed by atoms with Gasteiger partial charge in [-0.05, 0) is 30.7 Å². The zero-order valence-corrected chi connectivity index (χ0v) is 14.7. The molecular weight excluding hydrogens is 342 g/mol. The highest BCUT2D eigenvalue weighted by Crippen LogP contribution is 2.33. The van der Waals surface area contributed by atoms with Crippen molar-refractivity contribution in [2.75, 3.05) is 5.32 Å². The van der Waals surface area contributed by atoms with Crippen LogP contribution in [0.25, 0.3) is 11.3 Å². The highest BCUT2D eigenvalue weighted by molar-refractivity contribution is 7.16. The molecule has 0 atom stereocenters. The first-order valence-corrected chi connectivity index (χ1v) is 8.84. The lowest BCUT2D eigenvalue weighted by molar-refractivity contribution is 0.102. The number of carbonyl (C=O) groups excluding carboxylic acids is 1. The standard InChI is InChI=1S/C18H16ClN3OS/c1-2-4-15-16(12-6-8-14(19)9-7-12)21-18(24-15)22-17(23)13-5-3-10-20-11-13/h3,5-11H,2,4H2,1H3,(H,21,22,23). The van der Waals surface area contributed by atoms with Crippen LogP contribution in [0, 0.1) is 0 Å². The molecule has 0 aliphatic heterocycles. The average molecular weight is 358 g/mol. The number of halogens is 1. The fraction of sp³-hybridized carbons (Fsp3) is 0.167. The number of nitrogens with zero attached hydrogens (tertiary/aromatic N) is 2. The molecule has 0 radical (unpaired) electrons. The van der Waals surface area contributed by atoms with E-state index in [0.29, 0.717) is 15.7 Å². The largest absolute Gasteiger partial charge is 0.298 e. The summed E-state index contributed by atoms with van der Waals surface area (Å²) in [5, 5.41) is 4.15. The van der Waals surface area contributed by atoms with Crippen LogP contribution in [0.4, 0.5) is 5.13 Å². The fourth-order valence-electron chi connectivity index (χ4n) is 2.30. The van der Waals surface area contributed by atoms with Crippen molar-refractivity contribution < 1.29 is 4.79 Å². The molecule has 24 heavy (non-hydrogen) atoms. The molecule has 0 spiro atoms. The van der Waals surface area contributed by atoms with Crippen LogP contribution in [0.15, 0.2) is 48.8 Å². The third-order valence-corrected chi connectivity index (χ3v) is 4.72. The molecule has 2 aromatic heterocycles. The molecule has 0 fully saturated rings. The molecule has 2 heterocycles. The quantitative estimate of drug-likeness (QED) is 0.694. The first-order valence-electron chi connectivity index (χ1n) is 7.64. The number of hydrogen-bond acceptors (Lipinski definition) is 4. The molecular formula is C18H16ClN3OS. The number of hydrogen-bond donors (Lipinski definition) is 1. The molecule has 3 rings (SSSR count). The maximum Gasteiger partial charge on any atom is 0.259 e. The van der Waals surface area contributed by atoms with Crippen LogP contribution in [-0.4, -0.2) is 15.9 Å². The number of anilines is 1. The van der Waals surface area contributed by atoms with E-state index in [1.807, 2.05) is 24.3 Å². The van der Waals surface area contributed by atoms with Crippen LogP contribution in [-0.2, 0) is 6.42 Å². The average Bonchev–Trinajstić information content (AvgIpc) is 2.99. The number of benzene rings is 1. The molecule has 1 amide bonds. The normalized spacial score (nSPS) is 10.6. The van der Waals surface area contributed by atoms with E-state index in [0.717, 1.165) is 29.0 Å². The Kier molecular flexibility index (Phi) is 5.23. The molecule has 6 heteroatoms. The summed E-state index contributed by atoms with van der Waals surface area (Å²) in [5.41, 5.74) is 2.42. The molecule has 0 saturated heterocycles. The van der Waals surface area contributed by atoms with Gasteiger partial charge in [-0.2, -0.15) is 0 Å². The minimum absolute atomic E-state index is 0.206. The summed E-state index contributed by atoms with van der Waals surface area (Å²) in [5.74, 6) is -0.206. The van der Waals surface area contributed by atoms with E-state index in [1.165, 1.54) is 17.5 Å². The van der Waals surface area contributed by atoms with Gasteiger partial charge in [0.15, 0.2) is 5.13 Å². The summed E-state index contributed by atoms with van der Waals surface area (Å²) in [6.07, 6.45) is 5.10. The van der Waals surface area contributed by atoms with Gasteiger partial charge in [-0.25, -0.2) is 4.98 Å². The second-order valence-electron chi connectivity index (χ2n) is 5.24. The predicted octanol–water partition coefficient (Wildman–Crippen LogP) is 5.06. The van der Waals surface area contributed by atoms with Crippen LogP contribution in [0.5, 0.6) is 0 Å². The van der Waals surface area contributed by atoms with E-state index in [1.54, 1.807) is 18.3 Å². The lowest BCUT2D eigenvalue weighted by Crippen LogP contribution is -2.11. The van der Waals surface area contributed by atoms with Gasteiger partial charge in [0.2, 0.25) is 0 Å². The number of aryl methyl sites for hydroxylation is 1. The van der Waals surface area contributed by atoms with Crippen LogP contribution < -0.4 is 5.32 Å². The van der Waals surface area contributed by atoms with Crippen molar-refractivity contribution in [3.05, 3.63) is 64.3 Å². The summed E-state index contributed by atoms with van der Waals surface area (Å²) in [6, 6.07) is 11.0. The maximum absolute atomic E-state index is 12.3. The van der Waals surface area contributed by atoms with Gasteiger partial charge in [0.1, 0.15) is 0 Å². The van der Waals surface area contributed by atoms with Crippen molar-refractivity contribution in [3.63, 3.8) is 0 Å². The van der Waals surface area contributed by atoms with Gasteiger partial charge < -0.3 is 0 Å². The van der Waals surface area contributed by atoms with E-state index in [2.05, 4.69) is 22.2 Å². The number of pyridine rings is 1. The number of carbonyl (C=O) groups is 1. The molecule has 3 aromatic rings. The van der Waals surface area contributed by atoms with Crippen LogP contribution >= 0.6 is 22.9 Å². The van der Waals surface area contributed by atoms with E-state index < -0.39 is 0 Å². The molecule has 0 saturated carbocycles. The molecule has 0 unspecified atom stereocenters. The summed E-state index contributed by atoms with van der Waals surface area (Å²) < 4.78 is 0. The van der Waals surface area contributed by atoms with Crippen molar-refractivity contribution in [2.24, 2.45) is 0 Å². The van der Waals surface area contributed by atoms with Gasteiger partial charge in [-0.3, -0.25) is 15.1 Å². The van der Waals surface area contributed by atoms with E-state index in [9.17, 15) is 4.79 Å². The van der Waals surface area contributed by atoms with E-state index in [-0.39, 0.29) is 5.91 Å². The number of nitrogens with one attached hydrogen (secondary N) is 1. The van der Waals surface area contributed by atoms with Gasteiger partial charge in [0.25, 0.3) is 5.91 Å². The second kappa shape index (κ2) is 7.55. The third kappa shape index (κ3) is 3.80. The van der Waals surface area contributed by atoms with Crippen molar-refractivity contribution >= 4 is 34.0 Å². The molecule has 4 nitrogen and oxygen atoms in total. The maximum atomic E-state index is 12.3. The summed E-state index contributed by atoms with van der Waals surface area (Å²) in [4.78, 5) is 22.0. The first-order chi connectivity index (χ1) is 11.7. The van der Waals surface area contributed by atoms with E-state index >= 15 is 0 Å².